The molecule has 0 unspecified atom stereocenters. The summed E-state index contributed by atoms with van der Waals surface area (Å²) >= 11 is 4.85. The molecule has 0 bridgehead atoms. The van der Waals surface area contributed by atoms with Crippen LogP contribution in [0.5, 0.6) is 0 Å². The van der Waals surface area contributed by atoms with Gasteiger partial charge in [-0.2, -0.15) is 0 Å². The number of carbonyl (C=O) groups is 6. The molecule has 0 aliphatic carbocycles. The minimum absolute atomic E-state index is 0.0301. The number of piperidine rings is 2. The number of anilines is 2. The third-order valence-electron chi connectivity index (χ3n) is 11.8. The Morgan fingerprint density at radius 2 is 1.14 bits per heavy atom. The summed E-state index contributed by atoms with van der Waals surface area (Å²) in [7, 11) is 0. The summed E-state index contributed by atoms with van der Waals surface area (Å²) < 4.78 is 2.47. The highest BCUT2D eigenvalue weighted by atomic mass is 35.5. The minimum atomic E-state index is -0.735. The second-order valence-corrected chi connectivity index (χ2v) is 17.5. The highest BCUT2D eigenvalue weighted by molar-refractivity contribution is 6.66. The van der Waals surface area contributed by atoms with E-state index in [9.17, 15) is 28.8 Å². The number of likely N-dealkylation sites (tertiary alicyclic amines) is 1. The fourth-order valence-electron chi connectivity index (χ4n) is 8.30. The Morgan fingerprint density at radius 1 is 0.658 bits per heavy atom. The molecule has 0 spiro atoms. The molecular formula is C52H59ClN14O6. The van der Waals surface area contributed by atoms with E-state index >= 15 is 0 Å². The van der Waals surface area contributed by atoms with Crippen LogP contribution in [0.1, 0.15) is 129 Å². The number of imidazole rings is 2. The average molecular weight is 1010 g/mol. The Bertz CT molecular complexity index is 3030. The van der Waals surface area contributed by atoms with Crippen LogP contribution in [0.4, 0.5) is 11.6 Å². The second-order valence-electron chi connectivity index (χ2n) is 17.2. The van der Waals surface area contributed by atoms with Gasteiger partial charge in [0.15, 0.2) is 17.2 Å². The number of pyridine rings is 2. The van der Waals surface area contributed by atoms with Crippen LogP contribution in [0, 0.1) is 13.8 Å². The summed E-state index contributed by atoms with van der Waals surface area (Å²) in [4.78, 5) is 91.4. The van der Waals surface area contributed by atoms with Crippen LogP contribution in [-0.2, 0) is 9.59 Å². The number of nitrogen functional groups attached to an aromatic ring is 2. The first-order chi connectivity index (χ1) is 35.0. The van der Waals surface area contributed by atoms with Gasteiger partial charge in [-0.15, -0.1) is 0 Å². The van der Waals surface area contributed by atoms with E-state index in [1.165, 1.54) is 21.5 Å². The summed E-state index contributed by atoms with van der Waals surface area (Å²) in [6.45, 7) is 8.80. The molecule has 0 saturated carbocycles. The number of hydrogen-bond donors (Lipinski definition) is 7. The summed E-state index contributed by atoms with van der Waals surface area (Å²) in [5, 5.41) is 8.50. The molecule has 380 valence electrons. The molecule has 11 N–H and O–H groups in total. The lowest BCUT2D eigenvalue weighted by atomic mass is 10.0. The quantitative estimate of drug-likeness (QED) is 0.0397. The number of carbonyl (C=O) groups excluding carboxylic acids is 6. The first kappa shape index (κ1) is 53.9. The second kappa shape index (κ2) is 25.1. The van der Waals surface area contributed by atoms with Gasteiger partial charge >= 0.3 is 0 Å². The van der Waals surface area contributed by atoms with Gasteiger partial charge in [-0.3, -0.25) is 28.8 Å². The number of halogens is 1. The third kappa shape index (κ3) is 13.7. The normalized spacial score (nSPS) is 15.4. The molecule has 20 nitrogen and oxygen atoms in total. The van der Waals surface area contributed by atoms with Crippen molar-refractivity contribution in [2.45, 2.75) is 78.3 Å². The van der Waals surface area contributed by atoms with Crippen molar-refractivity contribution in [1.29, 1.82) is 0 Å². The van der Waals surface area contributed by atoms with Gasteiger partial charge in [0.05, 0.1) is 12.1 Å². The SMILES string of the molecule is C/C=C/C(=O)Cl.C/C=C/C(=O)N1CCCC[C@H]1c1nc(-c2ccc(C(=O)Nc3cc(C)ccn3)cc2)c(C(N)=O)n1N.Cc1ccnc(NC(=O)c2ccc(-c3nc([C@@H]4CCCCN4)n(N)c3C(N)=O)cc2)c1. The van der Waals surface area contributed by atoms with Gasteiger partial charge in [0.2, 0.25) is 11.1 Å². The Labute approximate surface area is 427 Å². The van der Waals surface area contributed by atoms with E-state index in [-0.39, 0.29) is 41.2 Å². The predicted octanol–water partition coefficient (Wildman–Crippen LogP) is 6.41. The number of aryl methyl sites for hydroxylation is 2. The number of nitrogens with zero attached hydrogens (tertiary/aromatic N) is 7. The van der Waals surface area contributed by atoms with Crippen LogP contribution in [0.15, 0.2) is 109 Å². The van der Waals surface area contributed by atoms with Crippen LogP contribution >= 0.6 is 11.6 Å². The van der Waals surface area contributed by atoms with Crippen LogP contribution < -0.4 is 39.1 Å². The smallest absolute Gasteiger partial charge is 0.269 e. The van der Waals surface area contributed by atoms with Crippen molar-refractivity contribution >= 4 is 58.0 Å². The van der Waals surface area contributed by atoms with E-state index in [1.54, 1.807) is 104 Å². The highest BCUT2D eigenvalue weighted by Crippen LogP contribution is 2.34. The largest absolute Gasteiger partial charge is 0.364 e. The van der Waals surface area contributed by atoms with Crippen LogP contribution in [-0.4, -0.2) is 82.1 Å². The number of hydrogen-bond acceptors (Lipinski definition) is 13. The minimum Gasteiger partial charge on any atom is -0.364 e. The van der Waals surface area contributed by atoms with E-state index in [4.69, 9.17) is 34.8 Å². The molecule has 2 aliphatic heterocycles. The van der Waals surface area contributed by atoms with Crippen molar-refractivity contribution in [3.8, 4) is 22.5 Å². The molecule has 73 heavy (non-hydrogen) atoms. The van der Waals surface area contributed by atoms with E-state index in [2.05, 4.69) is 35.9 Å². The van der Waals surface area contributed by atoms with Gasteiger partial charge in [0.25, 0.3) is 23.6 Å². The van der Waals surface area contributed by atoms with Crippen molar-refractivity contribution in [1.82, 2.24) is 39.5 Å². The molecule has 5 amide bonds. The van der Waals surface area contributed by atoms with E-state index in [0.717, 1.165) is 49.8 Å². The van der Waals surface area contributed by atoms with Gasteiger partial charge < -0.3 is 44.0 Å². The van der Waals surface area contributed by atoms with Crippen LogP contribution in [0.25, 0.3) is 22.5 Å². The Kier molecular flexibility index (Phi) is 18.5. The van der Waals surface area contributed by atoms with Crippen molar-refractivity contribution in [3.63, 3.8) is 0 Å². The third-order valence-corrected chi connectivity index (χ3v) is 11.9. The maximum Gasteiger partial charge on any atom is 0.269 e. The number of aromatic nitrogens is 6. The Hall–Kier alpha value is -8.49. The molecule has 0 radical (unpaired) electrons. The van der Waals surface area contributed by atoms with E-state index in [0.29, 0.717) is 69.9 Å². The van der Waals surface area contributed by atoms with Crippen molar-refractivity contribution < 1.29 is 28.8 Å². The lowest BCUT2D eigenvalue weighted by molar-refractivity contribution is -0.130. The van der Waals surface area contributed by atoms with Crippen molar-refractivity contribution in [3.05, 3.63) is 155 Å². The van der Waals surface area contributed by atoms with Crippen molar-refractivity contribution in [2.75, 3.05) is 35.4 Å². The summed E-state index contributed by atoms with van der Waals surface area (Å²) in [5.41, 5.74) is 16.2. The zero-order valence-corrected chi connectivity index (χ0v) is 41.7. The summed E-state index contributed by atoms with van der Waals surface area (Å²) in [6.07, 6.45) is 14.8. The monoisotopic (exact) mass is 1010 g/mol. The fraction of sp³-hybridized carbons (Fsp3) is 0.269. The Balaban J connectivity index is 0.000000216. The first-order valence-electron chi connectivity index (χ1n) is 23.5. The number of nitrogens with two attached hydrogens (primary N) is 4. The summed E-state index contributed by atoms with van der Waals surface area (Å²) in [6, 6.07) is 20.3. The topological polar surface area (TPSA) is 307 Å². The zero-order valence-electron chi connectivity index (χ0n) is 41.0. The maximum atomic E-state index is 12.7. The zero-order chi connectivity index (χ0) is 52.8. The first-order valence-corrected chi connectivity index (χ1v) is 23.9. The summed E-state index contributed by atoms with van der Waals surface area (Å²) in [5.74, 6) is 12.3. The van der Waals surface area contributed by atoms with Gasteiger partial charge in [-0.25, -0.2) is 29.3 Å². The maximum absolute atomic E-state index is 12.7. The molecule has 2 aromatic carbocycles. The number of amides is 5. The average Bonchev–Trinajstić information content (AvgIpc) is 3.91. The Morgan fingerprint density at radius 3 is 1.56 bits per heavy atom. The molecule has 2 saturated heterocycles. The van der Waals surface area contributed by atoms with Crippen LogP contribution in [0.2, 0.25) is 0 Å². The van der Waals surface area contributed by atoms with Crippen molar-refractivity contribution in [2.24, 2.45) is 11.5 Å². The number of rotatable bonds is 12. The molecule has 2 fully saturated rings. The molecule has 2 atom stereocenters. The predicted molar refractivity (Wildman–Crippen MR) is 280 cm³/mol. The number of benzene rings is 2. The fourth-order valence-corrected chi connectivity index (χ4v) is 8.43. The molecule has 21 heteroatoms. The lowest BCUT2D eigenvalue weighted by Gasteiger charge is -2.34. The van der Waals surface area contributed by atoms with Gasteiger partial charge in [0, 0.05) is 41.2 Å². The standard InChI is InChI=1S/C26H29N7O3.C22H25N7O2.C4H5ClO/c1-3-6-21(34)32-14-5-4-7-19(32)25-31-22(23(24(27)35)33(25)28)17-8-10-18(11-9-17)26(36)30-20-15-16(2)12-13-29-20;1-13-9-11-26-17(12-13)27-22(31)15-7-5-14(6-8-15)18-19(20(23)30)29(24)21(28-18)16-4-2-3-10-25-16;1-2-3-4(5)6/h3,6,8-13,15,19H,4-5,7,14,28H2,1-2H3,(H2,27,35)(H,29,30,36);5-9,11-12,16,25H,2-4,10,24H2,1H3,(H2,23,30)(H,26,27,31);2-3H,1H3/b6-3+;;3-2+/t19-;16-;/m00./s1. The van der Waals surface area contributed by atoms with E-state index in [1.807, 2.05) is 26.0 Å². The lowest BCUT2D eigenvalue weighted by Crippen LogP contribution is -2.39. The number of allylic oxidation sites excluding steroid dienone is 3. The molecule has 2 aliphatic rings. The van der Waals surface area contributed by atoms with Gasteiger partial charge in [-0.05, 0) is 150 Å². The van der Waals surface area contributed by atoms with E-state index < -0.39 is 17.1 Å². The number of nitrogens with one attached hydrogen (secondary N) is 3. The highest BCUT2D eigenvalue weighted by Gasteiger charge is 2.34. The molecular weight excluding hydrogens is 952 g/mol. The molecule has 8 rings (SSSR count). The van der Waals surface area contributed by atoms with Gasteiger partial charge in [0.1, 0.15) is 28.8 Å². The van der Waals surface area contributed by atoms with Gasteiger partial charge in [-0.1, -0.05) is 42.8 Å². The molecule has 4 aromatic heterocycles. The van der Waals surface area contributed by atoms with Crippen LogP contribution in [0.3, 0.4) is 0 Å². The molecule has 6 heterocycles. The molecule has 6 aromatic rings. The number of primary amides is 2.